The first-order chi connectivity index (χ1) is 25.4. The third-order valence-electron chi connectivity index (χ3n) is 12.1. The Morgan fingerprint density at radius 3 is 2.60 bits per heavy atom. The van der Waals surface area contributed by atoms with E-state index in [1.807, 2.05) is 43.9 Å². The van der Waals surface area contributed by atoms with Gasteiger partial charge >= 0.3 is 12.1 Å². The zero-order valence-corrected chi connectivity index (χ0v) is 31.7. The van der Waals surface area contributed by atoms with Crippen molar-refractivity contribution in [2.45, 2.75) is 108 Å². The van der Waals surface area contributed by atoms with Gasteiger partial charge in [0.2, 0.25) is 0 Å². The van der Waals surface area contributed by atoms with Crippen molar-refractivity contribution >= 4 is 22.8 Å². The third kappa shape index (κ3) is 7.13. The van der Waals surface area contributed by atoms with Gasteiger partial charge in [-0.3, -0.25) is 4.90 Å². The summed E-state index contributed by atoms with van der Waals surface area (Å²) < 4.78 is 55.3. The first-order valence-corrected chi connectivity index (χ1v) is 19.5. The Hall–Kier alpha value is -3.77. The summed E-state index contributed by atoms with van der Waals surface area (Å²) in [6, 6.07) is 7.75. The molecule has 4 fully saturated rings. The van der Waals surface area contributed by atoms with Gasteiger partial charge in [0.25, 0.3) is 0 Å². The molecule has 2 aromatic carbocycles. The first kappa shape index (κ1) is 36.2. The number of nitrogens with zero attached hydrogens (tertiary/aromatic N) is 4. The average Bonchev–Trinajstić information content (AvgIpc) is 3.72. The Kier molecular flexibility index (Phi) is 9.66. The zero-order chi connectivity index (χ0) is 37.1. The smallest absolute Gasteiger partial charge is 0.410 e. The largest absolute Gasteiger partial charge is 0.468 e. The van der Waals surface area contributed by atoms with Crippen LogP contribution in [0.2, 0.25) is 0 Å². The van der Waals surface area contributed by atoms with Crippen molar-refractivity contribution in [2.75, 3.05) is 51.6 Å². The standard InChI is InChI=1S/C41H53F2N5O5/c1-40(2,3)53-39(49)48-28-10-11-29(48)21-47(20-28)37-32-13-12-31(33-17-30(52-23-50-5)16-25-8-9-26-18-41(26,4)34(25)33)35(43)36(32)45-38(46-37)51-22-24-7-6-14-44-19-27(42)15-24/h12-13,16-17,24,26-29,44H,6-11,14-15,18-23H2,1-5H3/t24-,26?,27-,28?,29?,41?/m1/s1. The van der Waals surface area contributed by atoms with Crippen molar-refractivity contribution in [3.63, 3.8) is 0 Å². The fraction of sp³-hybridized carbons (Fsp3) is 0.634. The molecular weight excluding hydrogens is 680 g/mol. The van der Waals surface area contributed by atoms with Crippen LogP contribution in [0.25, 0.3) is 22.0 Å². The maximum absolute atomic E-state index is 17.4. The number of benzene rings is 2. The molecule has 4 unspecified atom stereocenters. The molecule has 2 aliphatic carbocycles. The summed E-state index contributed by atoms with van der Waals surface area (Å²) in [5.74, 6) is 1.36. The Bertz CT molecular complexity index is 1860. The van der Waals surface area contributed by atoms with Crippen LogP contribution < -0.4 is 19.7 Å². The molecule has 10 nitrogen and oxygen atoms in total. The number of amides is 1. The Labute approximate surface area is 310 Å². The van der Waals surface area contributed by atoms with E-state index in [2.05, 4.69) is 23.2 Å². The molecule has 0 spiro atoms. The molecule has 3 aromatic rings. The van der Waals surface area contributed by atoms with E-state index in [1.165, 1.54) is 11.1 Å². The number of anilines is 1. The quantitative estimate of drug-likeness (QED) is 0.239. The molecule has 1 saturated carbocycles. The second kappa shape index (κ2) is 14.1. The van der Waals surface area contributed by atoms with Crippen molar-refractivity contribution < 1.29 is 32.5 Å². The van der Waals surface area contributed by atoms with Gasteiger partial charge in [-0.1, -0.05) is 13.0 Å². The SMILES string of the molecule is COCOc1cc2c(c(-c3ccc4c(N5CC6CCC(C5)N6C(=O)OC(C)(C)C)nc(OC[C@@H]5CCCNC[C@H](F)C5)nc4c3F)c1)C1(C)CC1CC2. The lowest BCUT2D eigenvalue weighted by atomic mass is 9.78. The predicted octanol–water partition coefficient (Wildman–Crippen LogP) is 7.34. The van der Waals surface area contributed by atoms with E-state index < -0.39 is 17.6 Å². The molecule has 4 heterocycles. The molecule has 5 aliphatic rings. The lowest BCUT2D eigenvalue weighted by Gasteiger charge is -2.42. The Morgan fingerprint density at radius 1 is 1.06 bits per heavy atom. The molecule has 3 aliphatic heterocycles. The number of hydrogen-bond acceptors (Lipinski definition) is 9. The number of hydrogen-bond donors (Lipinski definition) is 1. The molecule has 1 amide bonds. The molecule has 12 heteroatoms. The highest BCUT2D eigenvalue weighted by Gasteiger charge is 2.55. The van der Waals surface area contributed by atoms with E-state index in [9.17, 15) is 9.18 Å². The third-order valence-corrected chi connectivity index (χ3v) is 12.1. The molecule has 6 atom stereocenters. The van der Waals surface area contributed by atoms with Gasteiger partial charge in [0.05, 0.1) is 18.7 Å². The molecule has 8 rings (SSSR count). The maximum Gasteiger partial charge on any atom is 0.410 e. The first-order valence-electron chi connectivity index (χ1n) is 19.5. The molecule has 3 saturated heterocycles. The van der Waals surface area contributed by atoms with Gasteiger partial charge in [-0.2, -0.15) is 9.97 Å². The number of carbonyl (C=O) groups excluding carboxylic acids is 1. The van der Waals surface area contributed by atoms with Crippen LogP contribution in [0, 0.1) is 17.7 Å². The molecule has 286 valence electrons. The van der Waals surface area contributed by atoms with Crippen molar-refractivity contribution in [1.82, 2.24) is 20.2 Å². The van der Waals surface area contributed by atoms with Crippen LogP contribution in [0.5, 0.6) is 11.8 Å². The van der Waals surface area contributed by atoms with Crippen molar-refractivity contribution in [1.29, 1.82) is 0 Å². The van der Waals surface area contributed by atoms with E-state index in [0.717, 1.165) is 57.1 Å². The summed E-state index contributed by atoms with van der Waals surface area (Å²) in [4.78, 5) is 27.0. The summed E-state index contributed by atoms with van der Waals surface area (Å²) in [5.41, 5.74) is 3.24. The molecule has 53 heavy (non-hydrogen) atoms. The summed E-state index contributed by atoms with van der Waals surface area (Å²) in [6.07, 6.45) is 5.66. The molecule has 1 aromatic heterocycles. The van der Waals surface area contributed by atoms with Crippen LogP contribution >= 0.6 is 0 Å². The summed E-state index contributed by atoms with van der Waals surface area (Å²) in [5, 5.41) is 3.74. The summed E-state index contributed by atoms with van der Waals surface area (Å²) in [6.45, 7) is 10.4. The molecule has 1 N–H and O–H groups in total. The van der Waals surface area contributed by atoms with E-state index >= 15 is 4.39 Å². The maximum atomic E-state index is 17.4. The van der Waals surface area contributed by atoms with Gasteiger partial charge in [0.15, 0.2) is 12.6 Å². The van der Waals surface area contributed by atoms with Gasteiger partial charge in [0, 0.05) is 37.7 Å². The minimum atomic E-state index is -0.962. The lowest BCUT2D eigenvalue weighted by molar-refractivity contribution is 0.0122. The average molecular weight is 734 g/mol. The van der Waals surface area contributed by atoms with E-state index in [1.54, 1.807) is 7.11 Å². The number of fused-ring (bicyclic) bond motifs is 6. The van der Waals surface area contributed by atoms with E-state index in [4.69, 9.17) is 28.9 Å². The van der Waals surface area contributed by atoms with Crippen molar-refractivity contribution in [3.8, 4) is 22.9 Å². The topological polar surface area (TPSA) is 98.3 Å². The van der Waals surface area contributed by atoms with Crippen LogP contribution in [0.3, 0.4) is 0 Å². The van der Waals surface area contributed by atoms with Crippen molar-refractivity contribution in [3.05, 3.63) is 41.2 Å². The monoisotopic (exact) mass is 733 g/mol. The number of rotatable bonds is 8. The number of halogens is 2. The number of aromatic nitrogens is 2. The van der Waals surface area contributed by atoms with Crippen LogP contribution in [-0.4, -0.2) is 91.5 Å². The number of carbonyl (C=O) groups is 1. The second-order valence-corrected chi connectivity index (χ2v) is 17.1. The van der Waals surface area contributed by atoms with Gasteiger partial charge in [0.1, 0.15) is 28.9 Å². The van der Waals surface area contributed by atoms with E-state index in [-0.39, 0.29) is 54.4 Å². The Morgan fingerprint density at radius 2 is 1.85 bits per heavy atom. The van der Waals surface area contributed by atoms with Gasteiger partial charge < -0.3 is 29.2 Å². The number of ether oxygens (including phenoxy) is 4. The van der Waals surface area contributed by atoms with Gasteiger partial charge in [-0.05, 0) is 131 Å². The summed E-state index contributed by atoms with van der Waals surface area (Å²) in [7, 11) is 1.59. The Balaban J connectivity index is 1.19. The highest BCUT2D eigenvalue weighted by molar-refractivity contribution is 5.94. The number of piperazine rings is 1. The number of alkyl halides is 1. The summed E-state index contributed by atoms with van der Waals surface area (Å²) >= 11 is 0. The second-order valence-electron chi connectivity index (χ2n) is 17.1. The van der Waals surface area contributed by atoms with Crippen molar-refractivity contribution in [2.24, 2.45) is 11.8 Å². The van der Waals surface area contributed by atoms with E-state index in [0.29, 0.717) is 54.5 Å². The molecule has 0 radical (unpaired) electrons. The highest BCUT2D eigenvalue weighted by atomic mass is 19.1. The van der Waals surface area contributed by atoms with Gasteiger partial charge in [-0.15, -0.1) is 0 Å². The molecular formula is C41H53F2N5O5. The molecule has 2 bridgehead atoms. The predicted molar refractivity (Wildman–Crippen MR) is 199 cm³/mol. The lowest BCUT2D eigenvalue weighted by Crippen LogP contribution is -2.57. The van der Waals surface area contributed by atoms with Gasteiger partial charge in [-0.25, -0.2) is 13.6 Å². The minimum absolute atomic E-state index is 0.00663. The fourth-order valence-electron chi connectivity index (χ4n) is 9.49. The van der Waals surface area contributed by atoms with Crippen LogP contribution in [-0.2, 0) is 21.3 Å². The van der Waals surface area contributed by atoms with Crippen LogP contribution in [0.15, 0.2) is 24.3 Å². The van der Waals surface area contributed by atoms with Crippen LogP contribution in [0.1, 0.15) is 83.8 Å². The number of aryl methyl sites for hydroxylation is 1. The zero-order valence-electron chi connectivity index (χ0n) is 31.7. The number of methoxy groups -OCH3 is 1. The fourth-order valence-corrected chi connectivity index (χ4v) is 9.49. The normalized spacial score (nSPS) is 28.2. The van der Waals surface area contributed by atoms with Crippen LogP contribution in [0.4, 0.5) is 19.4 Å². The minimum Gasteiger partial charge on any atom is -0.468 e. The highest BCUT2D eigenvalue weighted by Crippen LogP contribution is 2.62. The number of nitrogens with one attached hydrogen (secondary N) is 1.